The molecule has 0 saturated carbocycles. The Kier molecular flexibility index (Phi) is 3.19. The number of aromatic amines is 1. The van der Waals surface area contributed by atoms with Crippen LogP contribution in [0.15, 0.2) is 27.9 Å². The highest BCUT2D eigenvalue weighted by molar-refractivity contribution is 9.10. The van der Waals surface area contributed by atoms with Crippen molar-refractivity contribution in [3.8, 4) is 5.82 Å². The Morgan fingerprint density at radius 3 is 3.00 bits per heavy atom. The lowest BCUT2D eigenvalue weighted by atomic mass is 10.3. The van der Waals surface area contributed by atoms with E-state index < -0.39 is 0 Å². The van der Waals surface area contributed by atoms with Gasteiger partial charge in [-0.15, -0.1) is 0 Å². The van der Waals surface area contributed by atoms with Crippen LogP contribution in [0.4, 0.5) is 0 Å². The average Bonchev–Trinajstić information content (AvgIpc) is 2.59. The first-order chi connectivity index (χ1) is 7.74. The summed E-state index contributed by atoms with van der Waals surface area (Å²) >= 11 is 3.29. The number of nitrogens with zero attached hydrogens (tertiary/aromatic N) is 3. The molecule has 0 spiro atoms. The SMILES string of the molecule is CCCc1[nH]n(-c2ccncn2)c(=O)c1Br. The molecule has 0 radical (unpaired) electrons. The largest absolute Gasteiger partial charge is 0.292 e. The predicted molar refractivity (Wildman–Crippen MR) is 63.7 cm³/mol. The molecule has 0 aliphatic rings. The summed E-state index contributed by atoms with van der Waals surface area (Å²) in [7, 11) is 0. The van der Waals surface area contributed by atoms with Gasteiger partial charge in [0.15, 0.2) is 5.82 Å². The third kappa shape index (κ3) is 1.92. The maximum Gasteiger partial charge on any atom is 0.287 e. The molecule has 0 aliphatic heterocycles. The molecule has 0 amide bonds. The molecule has 0 unspecified atom stereocenters. The molecule has 0 atom stereocenters. The fraction of sp³-hybridized carbons (Fsp3) is 0.300. The van der Waals surface area contributed by atoms with Crippen molar-refractivity contribution in [3.05, 3.63) is 39.1 Å². The lowest BCUT2D eigenvalue weighted by Gasteiger charge is -1.98. The van der Waals surface area contributed by atoms with Gasteiger partial charge in [0.1, 0.15) is 10.8 Å². The molecule has 16 heavy (non-hydrogen) atoms. The number of aromatic nitrogens is 4. The Hall–Kier alpha value is -1.43. The van der Waals surface area contributed by atoms with Crippen molar-refractivity contribution in [1.82, 2.24) is 19.7 Å². The Morgan fingerprint density at radius 1 is 1.56 bits per heavy atom. The second kappa shape index (κ2) is 4.61. The normalized spacial score (nSPS) is 10.6. The van der Waals surface area contributed by atoms with Crippen molar-refractivity contribution in [2.24, 2.45) is 0 Å². The standard InChI is InChI=1S/C10H11BrN4O/c1-2-3-7-9(11)10(16)15(14-7)8-4-5-12-6-13-8/h4-6,14H,2-3H2,1H3. The van der Waals surface area contributed by atoms with E-state index in [-0.39, 0.29) is 5.56 Å². The van der Waals surface area contributed by atoms with Crippen LogP contribution in [0.1, 0.15) is 19.0 Å². The molecular formula is C10H11BrN4O. The molecule has 2 heterocycles. The van der Waals surface area contributed by atoms with Gasteiger partial charge in [-0.3, -0.25) is 9.89 Å². The monoisotopic (exact) mass is 282 g/mol. The van der Waals surface area contributed by atoms with Crippen LogP contribution in [0.5, 0.6) is 0 Å². The zero-order chi connectivity index (χ0) is 11.5. The fourth-order valence-corrected chi connectivity index (χ4v) is 1.92. The molecule has 2 rings (SSSR count). The van der Waals surface area contributed by atoms with Crippen molar-refractivity contribution in [2.75, 3.05) is 0 Å². The molecule has 2 aromatic rings. The molecule has 0 aromatic carbocycles. The van der Waals surface area contributed by atoms with E-state index in [9.17, 15) is 4.79 Å². The van der Waals surface area contributed by atoms with E-state index in [1.54, 1.807) is 12.3 Å². The van der Waals surface area contributed by atoms with Gasteiger partial charge in [-0.05, 0) is 22.4 Å². The summed E-state index contributed by atoms with van der Waals surface area (Å²) in [6, 6.07) is 1.68. The highest BCUT2D eigenvalue weighted by Crippen LogP contribution is 2.13. The molecule has 1 N–H and O–H groups in total. The van der Waals surface area contributed by atoms with Gasteiger partial charge in [0, 0.05) is 12.3 Å². The van der Waals surface area contributed by atoms with Gasteiger partial charge >= 0.3 is 0 Å². The summed E-state index contributed by atoms with van der Waals surface area (Å²) in [6.07, 6.45) is 4.81. The van der Waals surface area contributed by atoms with Crippen LogP contribution in [0.3, 0.4) is 0 Å². The number of hydrogen-bond acceptors (Lipinski definition) is 3. The number of hydrogen-bond donors (Lipinski definition) is 1. The molecule has 0 fully saturated rings. The highest BCUT2D eigenvalue weighted by atomic mass is 79.9. The Bertz CT molecular complexity index is 531. The first-order valence-corrected chi connectivity index (χ1v) is 5.79. The van der Waals surface area contributed by atoms with Crippen LogP contribution >= 0.6 is 15.9 Å². The van der Waals surface area contributed by atoms with Crippen molar-refractivity contribution in [3.63, 3.8) is 0 Å². The minimum Gasteiger partial charge on any atom is -0.292 e. The van der Waals surface area contributed by atoms with Crippen LogP contribution in [0, 0.1) is 0 Å². The first kappa shape index (κ1) is 11.1. The Labute approximate surface area is 101 Å². The van der Waals surface area contributed by atoms with Crippen LogP contribution in [-0.4, -0.2) is 19.7 Å². The zero-order valence-corrected chi connectivity index (χ0v) is 10.4. The first-order valence-electron chi connectivity index (χ1n) is 4.99. The van der Waals surface area contributed by atoms with Gasteiger partial charge in [-0.2, -0.15) is 0 Å². The van der Waals surface area contributed by atoms with E-state index in [0.29, 0.717) is 10.3 Å². The maximum atomic E-state index is 11.9. The number of halogens is 1. The minimum absolute atomic E-state index is 0.123. The molecule has 0 aliphatic carbocycles. The fourth-order valence-electron chi connectivity index (χ4n) is 1.45. The van der Waals surface area contributed by atoms with E-state index in [4.69, 9.17) is 0 Å². The smallest absolute Gasteiger partial charge is 0.287 e. The number of nitrogens with one attached hydrogen (secondary N) is 1. The van der Waals surface area contributed by atoms with Gasteiger partial charge in [0.25, 0.3) is 5.56 Å². The number of rotatable bonds is 3. The van der Waals surface area contributed by atoms with Gasteiger partial charge in [0.05, 0.1) is 5.69 Å². The van der Waals surface area contributed by atoms with Crippen molar-refractivity contribution >= 4 is 15.9 Å². The van der Waals surface area contributed by atoms with E-state index in [2.05, 4.69) is 37.9 Å². The van der Waals surface area contributed by atoms with Crippen molar-refractivity contribution < 1.29 is 0 Å². The molecule has 84 valence electrons. The Morgan fingerprint density at radius 2 is 2.38 bits per heavy atom. The second-order valence-electron chi connectivity index (χ2n) is 3.36. The lowest BCUT2D eigenvalue weighted by molar-refractivity contribution is 0.772. The van der Waals surface area contributed by atoms with Crippen LogP contribution < -0.4 is 5.56 Å². The van der Waals surface area contributed by atoms with E-state index in [1.807, 2.05) is 0 Å². The van der Waals surface area contributed by atoms with Crippen molar-refractivity contribution in [1.29, 1.82) is 0 Å². The summed E-state index contributed by atoms with van der Waals surface area (Å²) in [5.74, 6) is 0.544. The molecule has 6 heteroatoms. The predicted octanol–water partition coefficient (Wildman–Crippen LogP) is 1.67. The van der Waals surface area contributed by atoms with Crippen LogP contribution in [0.25, 0.3) is 5.82 Å². The lowest BCUT2D eigenvalue weighted by Crippen LogP contribution is -2.15. The van der Waals surface area contributed by atoms with E-state index in [0.717, 1.165) is 18.5 Å². The van der Waals surface area contributed by atoms with Crippen molar-refractivity contribution in [2.45, 2.75) is 19.8 Å². The second-order valence-corrected chi connectivity index (χ2v) is 4.16. The van der Waals surface area contributed by atoms with Gasteiger partial charge < -0.3 is 0 Å². The summed E-state index contributed by atoms with van der Waals surface area (Å²) in [5, 5.41) is 3.03. The Balaban J connectivity index is 2.51. The van der Waals surface area contributed by atoms with Gasteiger partial charge in [-0.25, -0.2) is 14.6 Å². The molecule has 0 saturated heterocycles. The average molecular weight is 283 g/mol. The topological polar surface area (TPSA) is 63.6 Å². The van der Waals surface area contributed by atoms with Gasteiger partial charge in [0.2, 0.25) is 0 Å². The number of H-pyrrole nitrogens is 1. The molecule has 5 nitrogen and oxygen atoms in total. The zero-order valence-electron chi connectivity index (χ0n) is 8.77. The quantitative estimate of drug-likeness (QED) is 0.932. The summed E-state index contributed by atoms with van der Waals surface area (Å²) in [6.45, 7) is 2.06. The molecule has 0 bridgehead atoms. The highest BCUT2D eigenvalue weighted by Gasteiger charge is 2.12. The van der Waals surface area contributed by atoms with E-state index in [1.165, 1.54) is 11.0 Å². The minimum atomic E-state index is -0.123. The summed E-state index contributed by atoms with van der Waals surface area (Å²) < 4.78 is 1.99. The van der Waals surface area contributed by atoms with Crippen LogP contribution in [0.2, 0.25) is 0 Å². The summed E-state index contributed by atoms with van der Waals surface area (Å²) in [4.78, 5) is 19.7. The third-order valence-corrected chi connectivity index (χ3v) is 3.02. The van der Waals surface area contributed by atoms with E-state index >= 15 is 0 Å². The number of aryl methyl sites for hydroxylation is 1. The molecular weight excluding hydrogens is 272 g/mol. The van der Waals surface area contributed by atoms with Gasteiger partial charge in [-0.1, -0.05) is 13.3 Å². The third-order valence-electron chi connectivity index (χ3n) is 2.20. The summed E-state index contributed by atoms with van der Waals surface area (Å²) in [5.41, 5.74) is 0.772. The molecule has 2 aromatic heterocycles. The van der Waals surface area contributed by atoms with Crippen LogP contribution in [-0.2, 0) is 6.42 Å². The maximum absolute atomic E-state index is 11.9.